The minimum Gasteiger partial charge on any atom is -0.480 e. The van der Waals surface area contributed by atoms with E-state index >= 15 is 0 Å². The fourth-order valence-corrected chi connectivity index (χ4v) is 5.96. The van der Waals surface area contributed by atoms with Gasteiger partial charge in [-0.15, -0.1) is 11.8 Å². The van der Waals surface area contributed by atoms with Gasteiger partial charge in [-0.2, -0.15) is 13.2 Å². The number of thioether (sulfide) groups is 1. The topological polar surface area (TPSA) is 40.5 Å². The molecule has 29 heavy (non-hydrogen) atoms. The Hall–Kier alpha value is -1.64. The van der Waals surface area contributed by atoms with Gasteiger partial charge < -0.3 is 10.0 Å². The number of hydrogen-bond donors (Lipinski definition) is 1. The number of anilines is 1. The van der Waals surface area contributed by atoms with Crippen LogP contribution in [-0.2, 0) is 16.5 Å². The molecular weight excluding hydrogens is 453 g/mol. The van der Waals surface area contributed by atoms with Gasteiger partial charge in [-0.25, -0.2) is 4.39 Å². The first-order valence-corrected chi connectivity index (χ1v) is 10.2. The summed E-state index contributed by atoms with van der Waals surface area (Å²) in [6.45, 7) is 0.356. The summed E-state index contributed by atoms with van der Waals surface area (Å²) in [5, 5.41) is 8.36. The number of halogens is 6. The number of aliphatic carboxylic acids is 1. The molecule has 1 saturated heterocycles. The van der Waals surface area contributed by atoms with Gasteiger partial charge in [-0.05, 0) is 36.6 Å². The second-order valence-corrected chi connectivity index (χ2v) is 9.04. The third-order valence-electron chi connectivity index (χ3n) is 5.41. The van der Waals surface area contributed by atoms with Crippen molar-refractivity contribution in [1.29, 1.82) is 0 Å². The number of fused-ring (bicyclic) bond motifs is 3. The van der Waals surface area contributed by atoms with Crippen molar-refractivity contribution in [3.8, 4) is 0 Å². The first-order valence-electron chi connectivity index (χ1n) is 8.57. The average molecular weight is 466 g/mol. The zero-order chi connectivity index (χ0) is 21.1. The maximum atomic E-state index is 14.3. The van der Waals surface area contributed by atoms with E-state index in [0.29, 0.717) is 23.6 Å². The van der Waals surface area contributed by atoms with Crippen LogP contribution in [0.4, 0.5) is 23.2 Å². The van der Waals surface area contributed by atoms with Gasteiger partial charge in [0.2, 0.25) is 0 Å². The molecule has 0 saturated carbocycles. The number of benzene rings is 2. The molecule has 1 N–H and O–H groups in total. The van der Waals surface area contributed by atoms with Crippen molar-refractivity contribution in [3.63, 3.8) is 0 Å². The van der Waals surface area contributed by atoms with Gasteiger partial charge in [0.1, 0.15) is 16.6 Å². The number of carboxylic acid groups (broad SMARTS) is 1. The van der Waals surface area contributed by atoms with Gasteiger partial charge in [0.25, 0.3) is 0 Å². The highest BCUT2D eigenvalue weighted by atomic mass is 35.5. The zero-order valence-corrected chi connectivity index (χ0v) is 16.9. The highest BCUT2D eigenvalue weighted by Gasteiger charge is 2.53. The minimum absolute atomic E-state index is 0.0142. The van der Waals surface area contributed by atoms with E-state index in [-0.39, 0.29) is 17.0 Å². The maximum Gasteiger partial charge on any atom is 0.420 e. The highest BCUT2D eigenvalue weighted by molar-refractivity contribution is 8.00. The van der Waals surface area contributed by atoms with Crippen LogP contribution in [0, 0.1) is 5.82 Å². The highest BCUT2D eigenvalue weighted by Crippen LogP contribution is 2.58. The molecule has 2 aliphatic rings. The van der Waals surface area contributed by atoms with Crippen molar-refractivity contribution in [3.05, 3.63) is 57.3 Å². The van der Waals surface area contributed by atoms with Crippen LogP contribution >= 0.6 is 35.0 Å². The van der Waals surface area contributed by atoms with Crippen LogP contribution in [0.25, 0.3) is 0 Å². The van der Waals surface area contributed by atoms with Crippen molar-refractivity contribution in [2.45, 2.75) is 34.7 Å². The van der Waals surface area contributed by atoms with E-state index < -0.39 is 39.3 Å². The number of carboxylic acids is 1. The van der Waals surface area contributed by atoms with E-state index in [1.54, 1.807) is 29.2 Å². The summed E-state index contributed by atoms with van der Waals surface area (Å²) in [5.41, 5.74) is -1.74. The van der Waals surface area contributed by atoms with Gasteiger partial charge in [0.05, 0.1) is 16.2 Å². The van der Waals surface area contributed by atoms with Gasteiger partial charge in [-0.1, -0.05) is 35.3 Å². The van der Waals surface area contributed by atoms with E-state index in [0.717, 1.165) is 17.8 Å². The Labute approximate surface area is 177 Å². The molecule has 2 aromatic rings. The van der Waals surface area contributed by atoms with Crippen molar-refractivity contribution in [2.75, 3.05) is 11.4 Å². The standard InChI is InChI=1S/C19H13Cl2F4NO2S/c20-10-3-1-2-9(6-10)18-4-5-26(18)16-12(29-13(8-18)17(27)28)7-11(22)14(15(16)21)19(23,24)25/h1-3,6-7,13H,4-5,8H2,(H,27,28). The van der Waals surface area contributed by atoms with E-state index in [1.165, 1.54) is 0 Å². The van der Waals surface area contributed by atoms with Gasteiger partial charge in [0, 0.05) is 16.5 Å². The third-order valence-corrected chi connectivity index (χ3v) is 7.23. The SMILES string of the molecule is O=C(O)C1CC2(c3cccc(Cl)c3)CCN2c2c(cc(F)c(C(F)(F)F)c2Cl)S1. The van der Waals surface area contributed by atoms with Crippen LogP contribution < -0.4 is 4.90 Å². The zero-order valence-electron chi connectivity index (χ0n) is 14.6. The number of nitrogens with zero attached hydrogens (tertiary/aromatic N) is 1. The van der Waals surface area contributed by atoms with Crippen molar-refractivity contribution in [1.82, 2.24) is 0 Å². The molecule has 10 heteroatoms. The van der Waals surface area contributed by atoms with E-state index in [1.807, 2.05) is 0 Å². The predicted molar refractivity (Wildman–Crippen MR) is 103 cm³/mol. The molecule has 3 nitrogen and oxygen atoms in total. The molecular formula is C19H13Cl2F4NO2S. The Kier molecular flexibility index (Phi) is 4.95. The molecule has 0 aromatic heterocycles. The summed E-state index contributed by atoms with van der Waals surface area (Å²) < 4.78 is 54.6. The molecule has 0 amide bonds. The Bertz CT molecular complexity index is 1020. The summed E-state index contributed by atoms with van der Waals surface area (Å²) in [4.78, 5) is 13.6. The summed E-state index contributed by atoms with van der Waals surface area (Å²) >= 11 is 13.0. The lowest BCUT2D eigenvalue weighted by Crippen LogP contribution is -2.58. The smallest absolute Gasteiger partial charge is 0.420 e. The van der Waals surface area contributed by atoms with Crippen LogP contribution in [0.15, 0.2) is 35.2 Å². The molecule has 2 aliphatic heterocycles. The summed E-state index contributed by atoms with van der Waals surface area (Å²) in [6, 6.07) is 7.52. The second-order valence-electron chi connectivity index (χ2n) is 6.98. The lowest BCUT2D eigenvalue weighted by Gasteiger charge is -2.55. The fourth-order valence-electron chi connectivity index (χ4n) is 4.06. The monoisotopic (exact) mass is 465 g/mol. The fraction of sp³-hybridized carbons (Fsp3) is 0.316. The van der Waals surface area contributed by atoms with E-state index in [2.05, 4.69) is 0 Å². The first-order chi connectivity index (χ1) is 13.5. The number of carbonyl (C=O) groups is 1. The molecule has 0 bridgehead atoms. The van der Waals surface area contributed by atoms with Crippen LogP contribution in [0.2, 0.25) is 10.0 Å². The number of rotatable bonds is 2. The molecule has 2 unspecified atom stereocenters. The van der Waals surface area contributed by atoms with E-state index in [9.17, 15) is 27.5 Å². The van der Waals surface area contributed by atoms with Crippen molar-refractivity contribution < 1.29 is 27.5 Å². The first kappa shape index (κ1) is 20.6. The number of hydrogen-bond acceptors (Lipinski definition) is 3. The largest absolute Gasteiger partial charge is 0.480 e. The summed E-state index contributed by atoms with van der Waals surface area (Å²) in [7, 11) is 0. The van der Waals surface area contributed by atoms with Crippen molar-refractivity contribution >= 4 is 46.6 Å². The Morgan fingerprint density at radius 2 is 2.00 bits per heavy atom. The van der Waals surface area contributed by atoms with Crippen LogP contribution in [-0.4, -0.2) is 22.9 Å². The quantitative estimate of drug-likeness (QED) is 0.535. The third kappa shape index (κ3) is 3.25. The molecule has 0 radical (unpaired) electrons. The van der Waals surface area contributed by atoms with Gasteiger partial charge in [-0.3, -0.25) is 4.79 Å². The normalized spacial score (nSPS) is 23.7. The van der Waals surface area contributed by atoms with Crippen LogP contribution in [0.5, 0.6) is 0 Å². The summed E-state index contributed by atoms with van der Waals surface area (Å²) in [6.07, 6.45) is -4.36. The summed E-state index contributed by atoms with van der Waals surface area (Å²) in [5.74, 6) is -2.65. The molecule has 2 aromatic carbocycles. The molecule has 1 fully saturated rings. The average Bonchev–Trinajstić information content (AvgIpc) is 2.67. The Morgan fingerprint density at radius 3 is 2.55 bits per heavy atom. The lowest BCUT2D eigenvalue weighted by atomic mass is 9.74. The lowest BCUT2D eigenvalue weighted by molar-refractivity contribution is -0.140. The van der Waals surface area contributed by atoms with Crippen LogP contribution in [0.1, 0.15) is 24.0 Å². The minimum atomic E-state index is -4.98. The molecule has 154 valence electrons. The van der Waals surface area contributed by atoms with Crippen LogP contribution in [0.3, 0.4) is 0 Å². The Morgan fingerprint density at radius 1 is 1.28 bits per heavy atom. The molecule has 0 spiro atoms. The van der Waals surface area contributed by atoms with E-state index in [4.69, 9.17) is 23.2 Å². The van der Waals surface area contributed by atoms with Gasteiger partial charge >= 0.3 is 12.1 Å². The molecule has 4 rings (SSSR count). The predicted octanol–water partition coefficient (Wildman–Crippen LogP) is 6.21. The van der Waals surface area contributed by atoms with Crippen molar-refractivity contribution in [2.24, 2.45) is 0 Å². The maximum absolute atomic E-state index is 14.3. The molecule has 0 aliphatic carbocycles. The second kappa shape index (κ2) is 6.96. The number of alkyl halides is 3. The van der Waals surface area contributed by atoms with Gasteiger partial charge in [0.15, 0.2) is 0 Å². The Balaban J connectivity index is 1.97. The molecule has 2 heterocycles. The molecule has 2 atom stereocenters.